The van der Waals surface area contributed by atoms with Gasteiger partial charge in [-0.3, -0.25) is 4.90 Å². The van der Waals surface area contributed by atoms with E-state index >= 15 is 0 Å². The Balaban J connectivity index is 2.43. The second-order valence-electron chi connectivity index (χ2n) is 5.05. The van der Waals surface area contributed by atoms with Crippen molar-refractivity contribution in [1.29, 1.82) is 0 Å². The normalized spacial score (nSPS) is 21.1. The summed E-state index contributed by atoms with van der Waals surface area (Å²) in [6.07, 6.45) is -5.74. The molecule has 1 rings (SSSR count). The molecular formula is C11H22F3N3O2S. The topological polar surface area (TPSA) is 66.6 Å². The summed E-state index contributed by atoms with van der Waals surface area (Å²) in [6, 6.07) is 0.185. The molecule has 120 valence electrons. The number of hydrogen-bond donors (Lipinski definition) is 1. The number of rotatable bonds is 6. The molecule has 0 radical (unpaired) electrons. The van der Waals surface area contributed by atoms with Crippen molar-refractivity contribution in [3.05, 3.63) is 0 Å². The van der Waals surface area contributed by atoms with Gasteiger partial charge in [0.1, 0.15) is 0 Å². The number of halogens is 3. The third-order valence-corrected chi connectivity index (χ3v) is 5.45. The van der Waals surface area contributed by atoms with Gasteiger partial charge in [-0.2, -0.15) is 17.5 Å². The van der Waals surface area contributed by atoms with Crippen LogP contribution < -0.4 is 5.73 Å². The van der Waals surface area contributed by atoms with Gasteiger partial charge in [-0.15, -0.1) is 0 Å². The third-order valence-electron chi connectivity index (χ3n) is 3.49. The highest BCUT2D eigenvalue weighted by Crippen LogP contribution is 2.22. The van der Waals surface area contributed by atoms with Crippen LogP contribution in [0.4, 0.5) is 13.2 Å². The fourth-order valence-electron chi connectivity index (χ4n) is 2.16. The SMILES string of the molecule is CC(CN)N1CCN(S(=O)(=O)CCCC(F)(F)F)CC1. The largest absolute Gasteiger partial charge is 0.389 e. The summed E-state index contributed by atoms with van der Waals surface area (Å²) >= 11 is 0. The molecular weight excluding hydrogens is 295 g/mol. The van der Waals surface area contributed by atoms with Crippen molar-refractivity contribution in [2.75, 3.05) is 38.5 Å². The molecule has 0 aliphatic carbocycles. The van der Waals surface area contributed by atoms with Crippen molar-refractivity contribution in [3.8, 4) is 0 Å². The molecule has 1 unspecified atom stereocenters. The Morgan fingerprint density at radius 3 is 2.20 bits per heavy atom. The molecule has 5 nitrogen and oxygen atoms in total. The van der Waals surface area contributed by atoms with Crippen LogP contribution in [0.2, 0.25) is 0 Å². The molecule has 0 aromatic carbocycles. The third kappa shape index (κ3) is 5.55. The van der Waals surface area contributed by atoms with Crippen molar-refractivity contribution in [1.82, 2.24) is 9.21 Å². The first-order valence-corrected chi connectivity index (χ1v) is 8.25. The highest BCUT2D eigenvalue weighted by molar-refractivity contribution is 7.89. The van der Waals surface area contributed by atoms with E-state index in [0.29, 0.717) is 32.7 Å². The summed E-state index contributed by atoms with van der Waals surface area (Å²) in [6.45, 7) is 4.23. The van der Waals surface area contributed by atoms with Crippen molar-refractivity contribution >= 4 is 10.0 Å². The molecule has 1 fully saturated rings. The van der Waals surface area contributed by atoms with E-state index in [4.69, 9.17) is 5.73 Å². The fraction of sp³-hybridized carbons (Fsp3) is 1.00. The van der Waals surface area contributed by atoms with Gasteiger partial charge in [0.25, 0.3) is 0 Å². The van der Waals surface area contributed by atoms with Gasteiger partial charge in [-0.05, 0) is 13.3 Å². The van der Waals surface area contributed by atoms with E-state index < -0.39 is 28.4 Å². The smallest absolute Gasteiger partial charge is 0.329 e. The highest BCUT2D eigenvalue weighted by atomic mass is 32.2. The van der Waals surface area contributed by atoms with Crippen LogP contribution in [0.1, 0.15) is 19.8 Å². The molecule has 0 aromatic rings. The monoisotopic (exact) mass is 317 g/mol. The van der Waals surface area contributed by atoms with Crippen molar-refractivity contribution in [2.45, 2.75) is 32.0 Å². The summed E-state index contributed by atoms with van der Waals surface area (Å²) in [5.74, 6) is -0.445. The first-order chi connectivity index (χ1) is 9.15. The van der Waals surface area contributed by atoms with Gasteiger partial charge in [0.05, 0.1) is 5.75 Å². The number of sulfonamides is 1. The van der Waals surface area contributed by atoms with Gasteiger partial charge >= 0.3 is 6.18 Å². The highest BCUT2D eigenvalue weighted by Gasteiger charge is 2.31. The van der Waals surface area contributed by atoms with Gasteiger partial charge < -0.3 is 5.73 Å². The lowest BCUT2D eigenvalue weighted by molar-refractivity contribution is -0.134. The Bertz CT molecular complexity index is 392. The van der Waals surface area contributed by atoms with E-state index in [0.717, 1.165) is 0 Å². The zero-order chi connectivity index (χ0) is 15.4. The molecule has 0 bridgehead atoms. The van der Waals surface area contributed by atoms with Gasteiger partial charge in [-0.1, -0.05) is 0 Å². The Morgan fingerprint density at radius 1 is 1.20 bits per heavy atom. The zero-order valence-electron chi connectivity index (χ0n) is 11.6. The van der Waals surface area contributed by atoms with Crippen LogP contribution in [-0.2, 0) is 10.0 Å². The van der Waals surface area contributed by atoms with Crippen molar-refractivity contribution < 1.29 is 21.6 Å². The lowest BCUT2D eigenvalue weighted by atomic mass is 10.2. The van der Waals surface area contributed by atoms with Crippen molar-refractivity contribution in [2.24, 2.45) is 5.73 Å². The van der Waals surface area contributed by atoms with Crippen LogP contribution in [0.25, 0.3) is 0 Å². The molecule has 1 heterocycles. The van der Waals surface area contributed by atoms with Crippen LogP contribution in [0, 0.1) is 0 Å². The average molecular weight is 317 g/mol. The van der Waals surface area contributed by atoms with Gasteiger partial charge in [-0.25, -0.2) is 8.42 Å². The summed E-state index contributed by atoms with van der Waals surface area (Å²) in [5, 5.41) is 0. The first kappa shape index (κ1) is 17.7. The minimum atomic E-state index is -4.30. The molecule has 0 saturated carbocycles. The quantitative estimate of drug-likeness (QED) is 0.780. The number of nitrogens with zero attached hydrogens (tertiary/aromatic N) is 2. The second kappa shape index (κ2) is 7.06. The number of nitrogens with two attached hydrogens (primary N) is 1. The summed E-state index contributed by atoms with van der Waals surface area (Å²) < 4.78 is 61.2. The van der Waals surface area contributed by atoms with E-state index in [9.17, 15) is 21.6 Å². The van der Waals surface area contributed by atoms with Gasteiger partial charge in [0.2, 0.25) is 10.0 Å². The average Bonchev–Trinajstić information content (AvgIpc) is 2.36. The summed E-state index contributed by atoms with van der Waals surface area (Å²) in [5.41, 5.74) is 5.55. The molecule has 1 saturated heterocycles. The zero-order valence-corrected chi connectivity index (χ0v) is 12.4. The Morgan fingerprint density at radius 2 is 1.75 bits per heavy atom. The minimum absolute atomic E-state index is 0.185. The minimum Gasteiger partial charge on any atom is -0.329 e. The molecule has 0 aromatic heterocycles. The fourth-order valence-corrected chi connectivity index (χ4v) is 3.64. The molecule has 9 heteroatoms. The van der Waals surface area contributed by atoms with E-state index in [2.05, 4.69) is 4.90 Å². The molecule has 0 spiro atoms. The number of hydrogen-bond acceptors (Lipinski definition) is 4. The Kier molecular flexibility index (Phi) is 6.24. The van der Waals surface area contributed by atoms with Crippen molar-refractivity contribution in [3.63, 3.8) is 0 Å². The van der Waals surface area contributed by atoms with Crippen LogP contribution in [0.15, 0.2) is 0 Å². The van der Waals surface area contributed by atoms with Gasteiger partial charge in [0.15, 0.2) is 0 Å². The van der Waals surface area contributed by atoms with E-state index in [1.807, 2.05) is 6.92 Å². The van der Waals surface area contributed by atoms with Gasteiger partial charge in [0, 0.05) is 45.2 Å². The van der Waals surface area contributed by atoms with E-state index in [-0.39, 0.29) is 12.5 Å². The molecule has 2 N–H and O–H groups in total. The number of piperazine rings is 1. The number of alkyl halides is 3. The molecule has 1 atom stereocenters. The summed E-state index contributed by atoms with van der Waals surface area (Å²) in [7, 11) is -3.59. The lowest BCUT2D eigenvalue weighted by Crippen LogP contribution is -2.53. The van der Waals surface area contributed by atoms with E-state index in [1.54, 1.807) is 0 Å². The molecule has 0 amide bonds. The lowest BCUT2D eigenvalue weighted by Gasteiger charge is -2.37. The molecule has 1 aliphatic rings. The molecule has 20 heavy (non-hydrogen) atoms. The maximum atomic E-state index is 12.0. The standard InChI is InChI=1S/C11H22F3N3O2S/c1-10(9-15)16-4-6-17(7-5-16)20(18,19)8-2-3-11(12,13)14/h10H,2-9,15H2,1H3. The maximum Gasteiger partial charge on any atom is 0.389 e. The van der Waals surface area contributed by atoms with Crippen LogP contribution in [-0.4, -0.2) is 68.3 Å². The Labute approximate surface area is 117 Å². The Hall–Kier alpha value is -0.380. The second-order valence-corrected chi connectivity index (χ2v) is 7.14. The predicted molar refractivity (Wildman–Crippen MR) is 70.7 cm³/mol. The molecule has 1 aliphatic heterocycles. The van der Waals surface area contributed by atoms with Crippen LogP contribution >= 0.6 is 0 Å². The first-order valence-electron chi connectivity index (χ1n) is 6.64. The van der Waals surface area contributed by atoms with Crippen LogP contribution in [0.3, 0.4) is 0 Å². The maximum absolute atomic E-state index is 12.0. The summed E-state index contributed by atoms with van der Waals surface area (Å²) in [4.78, 5) is 2.09. The van der Waals surface area contributed by atoms with E-state index in [1.165, 1.54) is 4.31 Å². The predicted octanol–water partition coefficient (Wildman–Crippen LogP) is 0.624. The van der Waals surface area contributed by atoms with Crippen LogP contribution in [0.5, 0.6) is 0 Å².